The van der Waals surface area contributed by atoms with E-state index in [-0.39, 0.29) is 5.56 Å². The molecule has 1 fully saturated rings. The first-order chi connectivity index (χ1) is 14.9. The Bertz CT molecular complexity index is 1150. The van der Waals surface area contributed by atoms with Gasteiger partial charge in [-0.3, -0.25) is 9.78 Å². The molecular formula is C22H23Cl2N5O2. The predicted octanol–water partition coefficient (Wildman–Crippen LogP) is 4.14. The SMILES string of the molecule is COc1cc2ncc(C(N)=O)c(Nc3cccc(Cl)c3Cl)c2cc1N1CCN(C)CC1. The second kappa shape index (κ2) is 8.78. The van der Waals surface area contributed by atoms with E-state index >= 15 is 0 Å². The van der Waals surface area contributed by atoms with Crippen LogP contribution in [0.5, 0.6) is 5.75 Å². The molecule has 0 spiro atoms. The lowest BCUT2D eigenvalue weighted by molar-refractivity contribution is 0.100. The Morgan fingerprint density at radius 2 is 1.94 bits per heavy atom. The van der Waals surface area contributed by atoms with Gasteiger partial charge in [0.1, 0.15) is 5.75 Å². The van der Waals surface area contributed by atoms with E-state index in [4.69, 9.17) is 33.7 Å². The Balaban J connectivity index is 1.89. The van der Waals surface area contributed by atoms with Gasteiger partial charge < -0.3 is 25.6 Å². The summed E-state index contributed by atoms with van der Waals surface area (Å²) in [6.45, 7) is 3.63. The number of fused-ring (bicyclic) bond motifs is 1. The number of amides is 1. The Hall–Kier alpha value is -2.74. The van der Waals surface area contributed by atoms with Gasteiger partial charge in [0, 0.05) is 43.8 Å². The van der Waals surface area contributed by atoms with E-state index < -0.39 is 5.91 Å². The topological polar surface area (TPSA) is 83.7 Å². The first-order valence-electron chi connectivity index (χ1n) is 9.84. The number of nitrogens with one attached hydrogen (secondary N) is 1. The van der Waals surface area contributed by atoms with Crippen molar-refractivity contribution in [3.63, 3.8) is 0 Å². The minimum atomic E-state index is -0.591. The van der Waals surface area contributed by atoms with Crippen LogP contribution in [-0.2, 0) is 0 Å². The molecule has 2 heterocycles. The van der Waals surface area contributed by atoms with E-state index in [1.165, 1.54) is 6.20 Å². The lowest BCUT2D eigenvalue weighted by Crippen LogP contribution is -2.44. The molecule has 1 saturated heterocycles. The van der Waals surface area contributed by atoms with Crippen molar-refractivity contribution >= 4 is 57.1 Å². The zero-order valence-electron chi connectivity index (χ0n) is 17.3. The summed E-state index contributed by atoms with van der Waals surface area (Å²) >= 11 is 12.6. The lowest BCUT2D eigenvalue weighted by atomic mass is 10.1. The number of anilines is 3. The van der Waals surface area contributed by atoms with E-state index in [2.05, 4.69) is 27.1 Å². The van der Waals surface area contributed by atoms with E-state index in [0.717, 1.165) is 43.0 Å². The standard InChI is InChI=1S/C22H23Cl2N5O2/c1-28-6-8-29(9-7-28)18-10-13-17(11-19(18)31-2)26-12-14(22(25)30)21(13)27-16-5-3-4-15(23)20(16)24/h3-5,10-12H,6-9H2,1-2H3,(H2,25,30)(H,26,27). The minimum Gasteiger partial charge on any atom is -0.495 e. The smallest absolute Gasteiger partial charge is 0.252 e. The summed E-state index contributed by atoms with van der Waals surface area (Å²) < 4.78 is 5.66. The maximum atomic E-state index is 12.2. The quantitative estimate of drug-likeness (QED) is 0.596. The summed E-state index contributed by atoms with van der Waals surface area (Å²) in [6.07, 6.45) is 1.46. The molecule has 162 valence electrons. The van der Waals surface area contributed by atoms with Gasteiger partial charge in [0.15, 0.2) is 0 Å². The molecule has 0 radical (unpaired) electrons. The molecule has 3 aromatic rings. The zero-order valence-corrected chi connectivity index (χ0v) is 18.8. The number of likely N-dealkylation sites (N-methyl/N-ethyl adjacent to an activating group) is 1. The number of pyridine rings is 1. The molecule has 0 unspecified atom stereocenters. The van der Waals surface area contributed by atoms with Gasteiger partial charge in [-0.25, -0.2) is 0 Å². The lowest BCUT2D eigenvalue weighted by Gasteiger charge is -2.35. The molecule has 4 rings (SSSR count). The summed E-state index contributed by atoms with van der Waals surface area (Å²) in [6, 6.07) is 9.13. The number of methoxy groups -OCH3 is 1. The first kappa shape index (κ1) is 21.5. The first-order valence-corrected chi connectivity index (χ1v) is 10.6. The summed E-state index contributed by atoms with van der Waals surface area (Å²) in [5.41, 5.74) is 8.62. The molecule has 1 amide bonds. The molecule has 0 aliphatic carbocycles. The maximum absolute atomic E-state index is 12.2. The van der Waals surface area contributed by atoms with Crippen LogP contribution in [0.3, 0.4) is 0 Å². The number of halogens is 2. The molecule has 2 aromatic carbocycles. The van der Waals surface area contributed by atoms with Crippen molar-refractivity contribution in [2.24, 2.45) is 5.73 Å². The molecule has 1 aromatic heterocycles. The number of ether oxygens (including phenoxy) is 1. The fraction of sp³-hybridized carbons (Fsp3) is 0.273. The summed E-state index contributed by atoms with van der Waals surface area (Å²) in [5, 5.41) is 4.76. The molecule has 0 saturated carbocycles. The van der Waals surface area contributed by atoms with Crippen LogP contribution in [0.1, 0.15) is 10.4 Å². The van der Waals surface area contributed by atoms with E-state index in [9.17, 15) is 4.79 Å². The van der Waals surface area contributed by atoms with Gasteiger partial charge in [0.25, 0.3) is 5.91 Å². The van der Waals surface area contributed by atoms with Crippen LogP contribution < -0.4 is 20.7 Å². The molecular weight excluding hydrogens is 437 g/mol. The number of benzene rings is 2. The van der Waals surface area contributed by atoms with Crippen LogP contribution in [0.15, 0.2) is 36.5 Å². The monoisotopic (exact) mass is 459 g/mol. The third-order valence-electron chi connectivity index (χ3n) is 5.49. The largest absolute Gasteiger partial charge is 0.495 e. The van der Waals surface area contributed by atoms with Gasteiger partial charge >= 0.3 is 0 Å². The van der Waals surface area contributed by atoms with Crippen LogP contribution in [0.25, 0.3) is 10.9 Å². The van der Waals surface area contributed by atoms with Crippen LogP contribution >= 0.6 is 23.2 Å². The molecule has 3 N–H and O–H groups in total. The van der Waals surface area contributed by atoms with Crippen molar-refractivity contribution in [3.05, 3.63) is 52.1 Å². The number of hydrogen-bond acceptors (Lipinski definition) is 6. The molecule has 31 heavy (non-hydrogen) atoms. The fourth-order valence-electron chi connectivity index (χ4n) is 3.72. The normalized spacial score (nSPS) is 14.6. The Morgan fingerprint density at radius 3 is 2.61 bits per heavy atom. The highest BCUT2D eigenvalue weighted by molar-refractivity contribution is 6.43. The number of hydrogen-bond donors (Lipinski definition) is 2. The minimum absolute atomic E-state index is 0.262. The Labute approximate surface area is 190 Å². The zero-order chi connectivity index (χ0) is 22.1. The van der Waals surface area contributed by atoms with Gasteiger partial charge in [-0.15, -0.1) is 0 Å². The summed E-state index contributed by atoms with van der Waals surface area (Å²) in [7, 11) is 3.75. The van der Waals surface area contributed by atoms with Gasteiger partial charge in [0.2, 0.25) is 0 Å². The second-order valence-electron chi connectivity index (χ2n) is 7.47. The predicted molar refractivity (Wildman–Crippen MR) is 126 cm³/mol. The third kappa shape index (κ3) is 4.21. The van der Waals surface area contributed by atoms with E-state index in [1.54, 1.807) is 25.3 Å². The average Bonchev–Trinajstić information content (AvgIpc) is 2.76. The van der Waals surface area contributed by atoms with Crippen molar-refractivity contribution in [2.75, 3.05) is 50.6 Å². The van der Waals surface area contributed by atoms with Crippen LogP contribution in [0, 0.1) is 0 Å². The fourth-order valence-corrected chi connectivity index (χ4v) is 4.07. The number of rotatable bonds is 5. The van der Waals surface area contributed by atoms with E-state index in [1.807, 2.05) is 12.1 Å². The van der Waals surface area contributed by atoms with Crippen molar-refractivity contribution in [1.29, 1.82) is 0 Å². The highest BCUT2D eigenvalue weighted by atomic mass is 35.5. The summed E-state index contributed by atoms with van der Waals surface area (Å²) in [5.74, 6) is 0.134. The van der Waals surface area contributed by atoms with Crippen LogP contribution in [0.4, 0.5) is 17.1 Å². The van der Waals surface area contributed by atoms with Gasteiger partial charge in [0.05, 0.1) is 45.3 Å². The molecule has 1 aliphatic heterocycles. The second-order valence-corrected chi connectivity index (χ2v) is 8.25. The number of primary amides is 1. The third-order valence-corrected chi connectivity index (χ3v) is 6.31. The van der Waals surface area contributed by atoms with Crippen molar-refractivity contribution in [2.45, 2.75) is 0 Å². The molecule has 0 atom stereocenters. The number of nitrogens with zero attached hydrogens (tertiary/aromatic N) is 3. The highest BCUT2D eigenvalue weighted by Crippen LogP contribution is 2.39. The summed E-state index contributed by atoms with van der Waals surface area (Å²) in [4.78, 5) is 21.2. The number of carbonyl (C=O) groups is 1. The Kier molecular flexibility index (Phi) is 6.09. The van der Waals surface area contributed by atoms with E-state index in [0.29, 0.717) is 26.9 Å². The maximum Gasteiger partial charge on any atom is 0.252 e. The van der Waals surface area contributed by atoms with Crippen molar-refractivity contribution in [3.8, 4) is 5.75 Å². The van der Waals surface area contributed by atoms with Gasteiger partial charge in [-0.2, -0.15) is 0 Å². The molecule has 0 bridgehead atoms. The molecule has 9 heteroatoms. The molecule has 7 nitrogen and oxygen atoms in total. The van der Waals surface area contributed by atoms with Gasteiger partial charge in [-0.05, 0) is 25.2 Å². The Morgan fingerprint density at radius 1 is 1.19 bits per heavy atom. The highest BCUT2D eigenvalue weighted by Gasteiger charge is 2.22. The van der Waals surface area contributed by atoms with Crippen LogP contribution in [0.2, 0.25) is 10.0 Å². The molecule has 1 aliphatic rings. The average molecular weight is 460 g/mol. The number of aromatic nitrogens is 1. The van der Waals surface area contributed by atoms with Crippen molar-refractivity contribution in [1.82, 2.24) is 9.88 Å². The van der Waals surface area contributed by atoms with Crippen LogP contribution in [-0.4, -0.2) is 56.1 Å². The van der Waals surface area contributed by atoms with Crippen molar-refractivity contribution < 1.29 is 9.53 Å². The number of carbonyl (C=O) groups excluding carboxylic acids is 1. The number of nitrogens with two attached hydrogens (primary N) is 1. The number of piperazine rings is 1. The van der Waals surface area contributed by atoms with Gasteiger partial charge in [-0.1, -0.05) is 29.3 Å².